The van der Waals surface area contributed by atoms with Crippen LogP contribution in [0.4, 0.5) is 26.3 Å². The van der Waals surface area contributed by atoms with Crippen molar-refractivity contribution in [2.24, 2.45) is 0 Å². The molecule has 0 aliphatic carbocycles. The van der Waals surface area contributed by atoms with Gasteiger partial charge in [-0.1, -0.05) is 59.6 Å². The standard InChI is InChI=1S/C23H26F6O6S2Si/c1-14(2)38(15(3)4,16(5)6)11-10-17-8-7-9-18-12-19(34-36(30,31)22(24,25)26)13-20(21(17)18)35-37(32,33)23(27,28)29/h7-9,12-16H,1-6H3. The summed E-state index contributed by atoms with van der Waals surface area (Å²) < 4.78 is 133. The molecule has 15 heteroatoms. The minimum absolute atomic E-state index is 0.0407. The van der Waals surface area contributed by atoms with Crippen molar-refractivity contribution in [1.82, 2.24) is 0 Å². The Balaban J connectivity index is 2.92. The molecule has 0 fully saturated rings. The van der Waals surface area contributed by atoms with Crippen LogP contribution in [0.1, 0.15) is 47.1 Å². The van der Waals surface area contributed by atoms with Crippen molar-refractivity contribution in [2.45, 2.75) is 69.2 Å². The zero-order valence-corrected chi connectivity index (χ0v) is 23.8. The second-order valence-electron chi connectivity index (χ2n) is 9.44. The van der Waals surface area contributed by atoms with Crippen LogP contribution < -0.4 is 8.37 Å². The third-order valence-corrected chi connectivity index (χ3v) is 14.4. The molecule has 6 nitrogen and oxygen atoms in total. The van der Waals surface area contributed by atoms with E-state index in [1.165, 1.54) is 18.2 Å². The predicted molar refractivity (Wildman–Crippen MR) is 133 cm³/mol. The lowest BCUT2D eigenvalue weighted by atomic mass is 10.0. The van der Waals surface area contributed by atoms with Gasteiger partial charge in [0.1, 0.15) is 13.8 Å². The normalized spacial score (nSPS) is 13.7. The molecule has 0 N–H and O–H groups in total. The van der Waals surface area contributed by atoms with Gasteiger partial charge < -0.3 is 8.37 Å². The highest BCUT2D eigenvalue weighted by Gasteiger charge is 2.50. The lowest BCUT2D eigenvalue weighted by molar-refractivity contribution is -0.0502. The molecule has 0 unspecified atom stereocenters. The van der Waals surface area contributed by atoms with Crippen LogP contribution in [0.3, 0.4) is 0 Å². The van der Waals surface area contributed by atoms with Crippen molar-refractivity contribution in [2.75, 3.05) is 0 Å². The van der Waals surface area contributed by atoms with Crippen molar-refractivity contribution in [3.05, 3.63) is 35.9 Å². The number of fused-ring (bicyclic) bond motifs is 1. The molecule has 0 saturated heterocycles. The number of hydrogen-bond acceptors (Lipinski definition) is 6. The number of alkyl halides is 6. The van der Waals surface area contributed by atoms with E-state index in [1.54, 1.807) is 0 Å². The predicted octanol–water partition coefficient (Wildman–Crippen LogP) is 6.87. The molecule has 0 radical (unpaired) electrons. The lowest BCUT2D eigenvalue weighted by Gasteiger charge is -2.38. The molecule has 38 heavy (non-hydrogen) atoms. The van der Waals surface area contributed by atoms with Gasteiger partial charge >= 0.3 is 31.3 Å². The van der Waals surface area contributed by atoms with Crippen LogP contribution in [0, 0.1) is 11.5 Å². The maximum absolute atomic E-state index is 13.1. The van der Waals surface area contributed by atoms with Crippen LogP contribution in [0.5, 0.6) is 11.5 Å². The van der Waals surface area contributed by atoms with Gasteiger partial charge in [-0.25, -0.2) is 0 Å². The van der Waals surface area contributed by atoms with E-state index in [4.69, 9.17) is 0 Å². The Bertz CT molecular complexity index is 1450. The van der Waals surface area contributed by atoms with Gasteiger partial charge in [-0.15, -0.1) is 5.54 Å². The summed E-state index contributed by atoms with van der Waals surface area (Å²) in [6.45, 7) is 12.1. The van der Waals surface area contributed by atoms with Crippen molar-refractivity contribution >= 4 is 39.1 Å². The number of hydrogen-bond donors (Lipinski definition) is 0. The van der Waals surface area contributed by atoms with Crippen molar-refractivity contribution in [3.63, 3.8) is 0 Å². The molecule has 0 aromatic heterocycles. The SMILES string of the molecule is CC(C)[Si](C#Cc1cccc2cc(OS(=O)(=O)C(F)(F)F)cc(OS(=O)(=O)C(F)(F)F)c12)(C(C)C)C(C)C. The number of halogens is 6. The van der Waals surface area contributed by atoms with E-state index in [-0.39, 0.29) is 33.0 Å². The fourth-order valence-electron chi connectivity index (χ4n) is 4.53. The molecular formula is C23H26F6O6S2Si. The maximum atomic E-state index is 13.1. The van der Waals surface area contributed by atoms with E-state index in [0.717, 1.165) is 6.07 Å². The second-order valence-corrected chi connectivity index (χ2v) is 18.1. The molecule has 212 valence electrons. The smallest absolute Gasteiger partial charge is 0.376 e. The van der Waals surface area contributed by atoms with Crippen LogP contribution in [0.2, 0.25) is 16.6 Å². The summed E-state index contributed by atoms with van der Waals surface area (Å²) in [4.78, 5) is 0. The van der Waals surface area contributed by atoms with Crippen molar-refractivity contribution in [3.8, 4) is 23.0 Å². The van der Waals surface area contributed by atoms with E-state index < -0.39 is 50.8 Å². The van der Waals surface area contributed by atoms with Gasteiger partial charge in [0.2, 0.25) is 0 Å². The highest BCUT2D eigenvalue weighted by molar-refractivity contribution is 7.88. The molecule has 0 aliphatic heterocycles. The Morgan fingerprint density at radius 2 is 1.24 bits per heavy atom. The molecule has 0 saturated carbocycles. The van der Waals surface area contributed by atoms with Crippen LogP contribution in [0.15, 0.2) is 30.3 Å². The minimum Gasteiger partial charge on any atom is -0.376 e. The van der Waals surface area contributed by atoms with Crippen molar-refractivity contribution in [1.29, 1.82) is 0 Å². The highest BCUT2D eigenvalue weighted by Crippen LogP contribution is 2.42. The van der Waals surface area contributed by atoms with Gasteiger partial charge in [-0.2, -0.15) is 43.2 Å². The van der Waals surface area contributed by atoms with E-state index in [9.17, 15) is 43.2 Å². The summed E-state index contributed by atoms with van der Waals surface area (Å²) in [5.74, 6) is 0.743. The Labute approximate surface area is 218 Å². The third-order valence-electron chi connectivity index (χ3n) is 6.17. The highest BCUT2D eigenvalue weighted by atomic mass is 32.2. The molecule has 0 spiro atoms. The quantitative estimate of drug-likeness (QED) is 0.113. The minimum atomic E-state index is -6.30. The first-order chi connectivity index (χ1) is 17.1. The van der Waals surface area contributed by atoms with Gasteiger partial charge in [-0.05, 0) is 34.1 Å². The van der Waals surface area contributed by atoms with Crippen LogP contribution in [-0.4, -0.2) is 35.9 Å². The van der Waals surface area contributed by atoms with E-state index in [0.29, 0.717) is 6.07 Å². The van der Waals surface area contributed by atoms with Gasteiger partial charge in [0.15, 0.2) is 5.75 Å². The molecule has 0 aliphatic rings. The zero-order valence-electron chi connectivity index (χ0n) is 21.2. The molecule has 2 aromatic carbocycles. The molecule has 0 heterocycles. The molecule has 2 rings (SSSR count). The first kappa shape index (κ1) is 31.8. The first-order valence-electron chi connectivity index (χ1n) is 11.2. The van der Waals surface area contributed by atoms with Gasteiger partial charge in [0.05, 0.1) is 0 Å². The Morgan fingerprint density at radius 3 is 1.68 bits per heavy atom. The summed E-state index contributed by atoms with van der Waals surface area (Å²) in [5, 5.41) is -0.436. The van der Waals surface area contributed by atoms with E-state index >= 15 is 0 Å². The van der Waals surface area contributed by atoms with Gasteiger partial charge in [-0.3, -0.25) is 0 Å². The molecule has 0 atom stereocenters. The Kier molecular flexibility index (Phi) is 8.87. The lowest BCUT2D eigenvalue weighted by Crippen LogP contribution is -2.43. The maximum Gasteiger partial charge on any atom is 0.534 e. The summed E-state index contributed by atoms with van der Waals surface area (Å²) in [6, 6.07) is 5.10. The van der Waals surface area contributed by atoms with Gasteiger partial charge in [0, 0.05) is 17.0 Å². The molecular weight excluding hydrogens is 578 g/mol. The summed E-state index contributed by atoms with van der Waals surface area (Å²) >= 11 is 0. The number of rotatable bonds is 7. The fraction of sp³-hybridized carbons (Fsp3) is 0.478. The average Bonchev–Trinajstić information content (AvgIpc) is 2.71. The average molecular weight is 605 g/mol. The van der Waals surface area contributed by atoms with E-state index in [1.807, 2.05) is 41.5 Å². The van der Waals surface area contributed by atoms with Gasteiger partial charge in [0.25, 0.3) is 0 Å². The first-order valence-corrected chi connectivity index (χ1v) is 16.2. The summed E-state index contributed by atoms with van der Waals surface area (Å²) in [5.41, 5.74) is -7.88. The van der Waals surface area contributed by atoms with E-state index in [2.05, 4.69) is 19.8 Å². The molecule has 0 bridgehead atoms. The molecule has 0 amide bonds. The van der Waals surface area contributed by atoms with Crippen LogP contribution >= 0.6 is 0 Å². The summed E-state index contributed by atoms with van der Waals surface area (Å²) in [6.07, 6.45) is 0. The summed E-state index contributed by atoms with van der Waals surface area (Å²) in [7, 11) is -14.9. The monoisotopic (exact) mass is 604 g/mol. The number of benzene rings is 2. The largest absolute Gasteiger partial charge is 0.534 e. The molecule has 2 aromatic rings. The van der Waals surface area contributed by atoms with Crippen LogP contribution in [0.25, 0.3) is 10.8 Å². The van der Waals surface area contributed by atoms with Crippen LogP contribution in [-0.2, 0) is 20.2 Å². The zero-order chi connectivity index (χ0) is 29.5. The topological polar surface area (TPSA) is 86.7 Å². The third kappa shape index (κ3) is 6.23. The fourth-order valence-corrected chi connectivity index (χ4v) is 10.7. The Hall–Kier alpha value is -2.44. The van der Waals surface area contributed by atoms with Crippen molar-refractivity contribution < 1.29 is 51.5 Å². The second kappa shape index (κ2) is 10.6. The Morgan fingerprint density at radius 1 is 0.763 bits per heavy atom.